The summed E-state index contributed by atoms with van der Waals surface area (Å²) in [6, 6.07) is 14.8. The predicted octanol–water partition coefficient (Wildman–Crippen LogP) is 3.79. The van der Waals surface area contributed by atoms with Crippen molar-refractivity contribution in [2.24, 2.45) is 10.7 Å². The van der Waals surface area contributed by atoms with Gasteiger partial charge < -0.3 is 11.1 Å². The summed E-state index contributed by atoms with van der Waals surface area (Å²) >= 11 is 1.64. The Morgan fingerprint density at radius 1 is 1.23 bits per heavy atom. The summed E-state index contributed by atoms with van der Waals surface area (Å²) in [5, 5.41) is 3.06. The molecule has 0 unspecified atom stereocenters. The van der Waals surface area contributed by atoms with E-state index in [9.17, 15) is 4.39 Å². The number of aryl methyl sites for hydroxylation is 1. The molecule has 0 fully saturated rings. The van der Waals surface area contributed by atoms with Crippen LogP contribution in [0.3, 0.4) is 0 Å². The van der Waals surface area contributed by atoms with Gasteiger partial charge in [-0.1, -0.05) is 30.3 Å². The first kappa shape index (κ1) is 16.4. The average molecular weight is 317 g/mol. The molecule has 0 saturated heterocycles. The number of nitrogens with one attached hydrogen (secondary N) is 1. The van der Waals surface area contributed by atoms with Gasteiger partial charge in [0.25, 0.3) is 0 Å². The summed E-state index contributed by atoms with van der Waals surface area (Å²) in [6.07, 6.45) is 0. The molecule has 0 atom stereocenters. The normalized spacial score (nSPS) is 11.5. The number of thioether (sulfide) groups is 1. The van der Waals surface area contributed by atoms with E-state index in [0.717, 1.165) is 17.0 Å². The van der Waals surface area contributed by atoms with Crippen LogP contribution in [0, 0.1) is 12.7 Å². The van der Waals surface area contributed by atoms with Crippen molar-refractivity contribution in [2.45, 2.75) is 12.7 Å². The molecule has 2 rings (SSSR count). The zero-order valence-electron chi connectivity index (χ0n) is 12.6. The molecule has 2 aromatic carbocycles. The second kappa shape index (κ2) is 8.44. The zero-order valence-corrected chi connectivity index (χ0v) is 13.4. The Labute approximate surface area is 134 Å². The van der Waals surface area contributed by atoms with Gasteiger partial charge in [-0.3, -0.25) is 4.99 Å². The van der Waals surface area contributed by atoms with Crippen LogP contribution in [0.2, 0.25) is 0 Å². The largest absolute Gasteiger partial charge is 0.370 e. The van der Waals surface area contributed by atoms with Crippen molar-refractivity contribution < 1.29 is 4.39 Å². The van der Waals surface area contributed by atoms with Crippen LogP contribution in [-0.4, -0.2) is 18.3 Å². The Bertz CT molecular complexity index is 643. The summed E-state index contributed by atoms with van der Waals surface area (Å²) in [6.45, 7) is 2.63. The van der Waals surface area contributed by atoms with E-state index >= 15 is 0 Å². The van der Waals surface area contributed by atoms with Crippen LogP contribution in [0.15, 0.2) is 53.5 Å². The van der Waals surface area contributed by atoms with Crippen molar-refractivity contribution in [2.75, 3.05) is 17.6 Å². The van der Waals surface area contributed by atoms with E-state index in [1.54, 1.807) is 23.9 Å². The van der Waals surface area contributed by atoms with Crippen LogP contribution in [0.4, 0.5) is 10.1 Å². The molecule has 0 aromatic heterocycles. The number of hydrogen-bond donors (Lipinski definition) is 2. The molecule has 0 aliphatic rings. The lowest BCUT2D eigenvalue weighted by Gasteiger charge is -2.06. The quantitative estimate of drug-likeness (QED) is 0.484. The predicted molar refractivity (Wildman–Crippen MR) is 93.9 cm³/mol. The molecule has 22 heavy (non-hydrogen) atoms. The van der Waals surface area contributed by atoms with Crippen molar-refractivity contribution in [1.82, 2.24) is 0 Å². The molecule has 2 aromatic rings. The molecule has 0 saturated carbocycles. The average Bonchev–Trinajstić information content (AvgIpc) is 2.48. The smallest absolute Gasteiger partial charge is 0.193 e. The van der Waals surface area contributed by atoms with Gasteiger partial charge in [-0.25, -0.2) is 4.39 Å². The Morgan fingerprint density at radius 2 is 2.05 bits per heavy atom. The molecule has 5 heteroatoms. The Balaban J connectivity index is 1.72. The molecule has 0 radical (unpaired) electrons. The van der Waals surface area contributed by atoms with Gasteiger partial charge >= 0.3 is 0 Å². The van der Waals surface area contributed by atoms with Gasteiger partial charge in [-0.15, -0.1) is 0 Å². The number of nitrogens with two attached hydrogens (primary N) is 1. The Hall–Kier alpha value is -2.01. The van der Waals surface area contributed by atoms with E-state index in [0.29, 0.717) is 18.3 Å². The molecular weight excluding hydrogens is 297 g/mol. The van der Waals surface area contributed by atoms with Gasteiger partial charge in [0.05, 0.1) is 6.54 Å². The van der Waals surface area contributed by atoms with E-state index in [4.69, 9.17) is 5.73 Å². The minimum atomic E-state index is -0.154. The minimum absolute atomic E-state index is 0.154. The first-order valence-corrected chi connectivity index (χ1v) is 8.25. The van der Waals surface area contributed by atoms with Gasteiger partial charge in [0.1, 0.15) is 5.82 Å². The van der Waals surface area contributed by atoms with Gasteiger partial charge in [0.15, 0.2) is 5.96 Å². The molecule has 116 valence electrons. The number of hydrogen-bond acceptors (Lipinski definition) is 2. The van der Waals surface area contributed by atoms with E-state index in [1.807, 2.05) is 37.3 Å². The highest BCUT2D eigenvalue weighted by molar-refractivity contribution is 7.98. The summed E-state index contributed by atoms with van der Waals surface area (Å²) in [7, 11) is 0. The maximum Gasteiger partial charge on any atom is 0.193 e. The summed E-state index contributed by atoms with van der Waals surface area (Å²) in [4.78, 5) is 4.27. The minimum Gasteiger partial charge on any atom is -0.370 e. The van der Waals surface area contributed by atoms with Crippen molar-refractivity contribution in [3.05, 3.63) is 65.5 Å². The van der Waals surface area contributed by atoms with Gasteiger partial charge in [0, 0.05) is 17.2 Å². The van der Waals surface area contributed by atoms with Crippen molar-refractivity contribution in [1.29, 1.82) is 0 Å². The van der Waals surface area contributed by atoms with E-state index in [2.05, 4.69) is 10.3 Å². The molecule has 3 N–H and O–H groups in total. The van der Waals surface area contributed by atoms with Crippen LogP contribution < -0.4 is 11.1 Å². The van der Waals surface area contributed by atoms with E-state index < -0.39 is 0 Å². The highest BCUT2D eigenvalue weighted by Gasteiger charge is 2.00. The van der Waals surface area contributed by atoms with Crippen LogP contribution >= 0.6 is 11.8 Å². The molecule has 0 amide bonds. The lowest BCUT2D eigenvalue weighted by atomic mass is 10.2. The number of halogens is 1. The van der Waals surface area contributed by atoms with Crippen LogP contribution in [-0.2, 0) is 5.75 Å². The number of guanidine groups is 1. The summed E-state index contributed by atoms with van der Waals surface area (Å²) in [5.74, 6) is 1.69. The van der Waals surface area contributed by atoms with Crippen LogP contribution in [0.5, 0.6) is 0 Å². The second-order valence-corrected chi connectivity index (χ2v) is 6.01. The fourth-order valence-electron chi connectivity index (χ4n) is 1.94. The number of aliphatic imine (C=N–C) groups is 1. The lowest BCUT2D eigenvalue weighted by Crippen LogP contribution is -2.23. The molecule has 0 aliphatic heterocycles. The third-order valence-corrected chi connectivity index (χ3v) is 4.01. The first-order chi connectivity index (χ1) is 10.6. The maximum atomic E-state index is 13.4. The monoisotopic (exact) mass is 317 g/mol. The molecule has 0 aliphatic carbocycles. The van der Waals surface area contributed by atoms with Crippen LogP contribution in [0.25, 0.3) is 0 Å². The topological polar surface area (TPSA) is 50.4 Å². The highest BCUT2D eigenvalue weighted by atomic mass is 32.2. The molecule has 0 heterocycles. The molecule has 0 spiro atoms. The number of benzene rings is 2. The summed E-state index contributed by atoms with van der Waals surface area (Å²) in [5.41, 5.74) is 8.66. The van der Waals surface area contributed by atoms with Gasteiger partial charge in [-0.2, -0.15) is 11.8 Å². The zero-order chi connectivity index (χ0) is 15.8. The molecule has 3 nitrogen and oxygen atoms in total. The third kappa shape index (κ3) is 5.41. The van der Waals surface area contributed by atoms with E-state index in [1.165, 1.54) is 11.6 Å². The number of rotatable bonds is 6. The first-order valence-electron chi connectivity index (χ1n) is 7.10. The Kier molecular flexibility index (Phi) is 6.27. The number of nitrogens with zero attached hydrogens (tertiary/aromatic N) is 1. The SMILES string of the molecule is Cc1cccc(NC(N)=NCCSCc2ccccc2F)c1. The highest BCUT2D eigenvalue weighted by Crippen LogP contribution is 2.15. The lowest BCUT2D eigenvalue weighted by molar-refractivity contribution is 0.617. The second-order valence-electron chi connectivity index (χ2n) is 4.91. The van der Waals surface area contributed by atoms with Crippen molar-refractivity contribution in [3.63, 3.8) is 0 Å². The van der Waals surface area contributed by atoms with Gasteiger partial charge in [-0.05, 0) is 36.2 Å². The maximum absolute atomic E-state index is 13.4. The fourth-order valence-corrected chi connectivity index (χ4v) is 2.76. The van der Waals surface area contributed by atoms with E-state index in [-0.39, 0.29) is 5.82 Å². The summed E-state index contributed by atoms with van der Waals surface area (Å²) < 4.78 is 13.4. The standard InChI is InChI=1S/C17H20FN3S/c1-13-5-4-7-15(11-13)21-17(19)20-9-10-22-12-14-6-2-3-8-16(14)18/h2-8,11H,9-10,12H2,1H3,(H3,19,20,21). The van der Waals surface area contributed by atoms with Crippen molar-refractivity contribution in [3.8, 4) is 0 Å². The van der Waals surface area contributed by atoms with Crippen molar-refractivity contribution >= 4 is 23.4 Å². The fraction of sp³-hybridized carbons (Fsp3) is 0.235. The molecule has 0 bridgehead atoms. The van der Waals surface area contributed by atoms with Crippen LogP contribution in [0.1, 0.15) is 11.1 Å². The third-order valence-electron chi connectivity index (χ3n) is 3.02. The molecular formula is C17H20FN3S. The number of anilines is 1. The van der Waals surface area contributed by atoms with Gasteiger partial charge in [0.2, 0.25) is 0 Å². The Morgan fingerprint density at radius 3 is 2.82 bits per heavy atom.